The minimum atomic E-state index is -0.379. The average Bonchev–Trinajstić information content (AvgIpc) is 2.50. The monoisotopic (exact) mass is 211 g/mol. The maximum Gasteiger partial charge on any atom is 0.226 e. The number of carbonyl (C=O) groups excluding carboxylic acids is 1. The van der Waals surface area contributed by atoms with Gasteiger partial charge in [0.1, 0.15) is 6.26 Å². The van der Waals surface area contributed by atoms with Gasteiger partial charge < -0.3 is 15.5 Å². The fraction of sp³-hybridized carbons (Fsp3) is 0.600. The number of aryl methyl sites for hydroxylation is 1. The Labute approximate surface area is 89.1 Å². The third-order valence-corrected chi connectivity index (χ3v) is 2.00. The summed E-state index contributed by atoms with van der Waals surface area (Å²) in [6, 6.07) is 0. The molecule has 5 nitrogen and oxygen atoms in total. The number of amides is 1. The second-order valence-corrected chi connectivity index (χ2v) is 4.17. The SMILES string of the molecule is Cc1nc(CC(=O)NC(C)(C)CN)co1. The van der Waals surface area contributed by atoms with Gasteiger partial charge in [-0.3, -0.25) is 4.79 Å². The molecule has 15 heavy (non-hydrogen) atoms. The highest BCUT2D eigenvalue weighted by molar-refractivity contribution is 5.78. The number of nitrogens with one attached hydrogen (secondary N) is 1. The fourth-order valence-electron chi connectivity index (χ4n) is 1.13. The molecule has 0 aromatic carbocycles. The average molecular weight is 211 g/mol. The Balaban J connectivity index is 2.50. The molecule has 0 saturated carbocycles. The number of nitrogens with two attached hydrogens (primary N) is 1. The van der Waals surface area contributed by atoms with Crippen LogP contribution in [0.5, 0.6) is 0 Å². The van der Waals surface area contributed by atoms with E-state index in [9.17, 15) is 4.79 Å². The molecular weight excluding hydrogens is 194 g/mol. The molecule has 0 radical (unpaired) electrons. The summed E-state index contributed by atoms with van der Waals surface area (Å²) in [5.41, 5.74) is 5.76. The maximum atomic E-state index is 11.5. The largest absolute Gasteiger partial charge is 0.449 e. The van der Waals surface area contributed by atoms with E-state index in [-0.39, 0.29) is 17.9 Å². The summed E-state index contributed by atoms with van der Waals surface area (Å²) in [5.74, 6) is 0.467. The number of oxazole rings is 1. The number of aromatic nitrogens is 1. The molecule has 0 saturated heterocycles. The summed E-state index contributed by atoms with van der Waals surface area (Å²) in [4.78, 5) is 15.6. The molecule has 0 aliphatic rings. The van der Waals surface area contributed by atoms with E-state index in [1.165, 1.54) is 6.26 Å². The summed E-state index contributed by atoms with van der Waals surface area (Å²) >= 11 is 0. The highest BCUT2D eigenvalue weighted by Crippen LogP contribution is 2.03. The van der Waals surface area contributed by atoms with E-state index in [0.717, 1.165) is 0 Å². The van der Waals surface area contributed by atoms with Gasteiger partial charge in [0.15, 0.2) is 5.89 Å². The zero-order chi connectivity index (χ0) is 11.5. The van der Waals surface area contributed by atoms with Gasteiger partial charge in [-0.05, 0) is 13.8 Å². The zero-order valence-corrected chi connectivity index (χ0v) is 9.33. The van der Waals surface area contributed by atoms with Gasteiger partial charge in [-0.1, -0.05) is 0 Å². The molecule has 1 heterocycles. The van der Waals surface area contributed by atoms with Crippen LogP contribution in [0.25, 0.3) is 0 Å². The van der Waals surface area contributed by atoms with Crippen molar-refractivity contribution in [2.45, 2.75) is 32.7 Å². The highest BCUT2D eigenvalue weighted by atomic mass is 16.3. The van der Waals surface area contributed by atoms with Crippen molar-refractivity contribution in [1.29, 1.82) is 0 Å². The van der Waals surface area contributed by atoms with Crippen LogP contribution in [-0.4, -0.2) is 23.0 Å². The van der Waals surface area contributed by atoms with E-state index in [1.807, 2.05) is 13.8 Å². The highest BCUT2D eigenvalue weighted by Gasteiger charge is 2.18. The van der Waals surface area contributed by atoms with Gasteiger partial charge >= 0.3 is 0 Å². The van der Waals surface area contributed by atoms with Crippen LogP contribution < -0.4 is 11.1 Å². The van der Waals surface area contributed by atoms with Crippen molar-refractivity contribution in [3.63, 3.8) is 0 Å². The van der Waals surface area contributed by atoms with Crippen molar-refractivity contribution in [3.8, 4) is 0 Å². The molecule has 5 heteroatoms. The number of rotatable bonds is 4. The number of nitrogens with zero attached hydrogens (tertiary/aromatic N) is 1. The van der Waals surface area contributed by atoms with Crippen molar-refractivity contribution < 1.29 is 9.21 Å². The third-order valence-electron chi connectivity index (χ3n) is 2.00. The summed E-state index contributed by atoms with van der Waals surface area (Å²) in [5, 5.41) is 2.82. The number of carbonyl (C=O) groups is 1. The smallest absolute Gasteiger partial charge is 0.226 e. The molecule has 0 aliphatic heterocycles. The van der Waals surface area contributed by atoms with Gasteiger partial charge in [0.2, 0.25) is 5.91 Å². The number of hydrogen-bond acceptors (Lipinski definition) is 4. The first-order valence-electron chi connectivity index (χ1n) is 4.85. The van der Waals surface area contributed by atoms with Gasteiger partial charge in [-0.25, -0.2) is 4.98 Å². The molecule has 1 aromatic rings. The van der Waals surface area contributed by atoms with Gasteiger partial charge in [0, 0.05) is 19.0 Å². The van der Waals surface area contributed by atoms with Crippen LogP contribution in [0.2, 0.25) is 0 Å². The predicted octanol–water partition coefficient (Wildman–Crippen LogP) is 0.379. The molecule has 0 aliphatic carbocycles. The Hall–Kier alpha value is -1.36. The molecule has 1 rings (SSSR count). The Morgan fingerprint density at radius 2 is 2.33 bits per heavy atom. The van der Waals surface area contributed by atoms with Crippen LogP contribution in [0.4, 0.5) is 0 Å². The van der Waals surface area contributed by atoms with Crippen LogP contribution in [0.15, 0.2) is 10.7 Å². The van der Waals surface area contributed by atoms with Crippen molar-refractivity contribution >= 4 is 5.91 Å². The van der Waals surface area contributed by atoms with Crippen LogP contribution >= 0.6 is 0 Å². The quantitative estimate of drug-likeness (QED) is 0.754. The Morgan fingerprint density at radius 1 is 1.67 bits per heavy atom. The summed E-state index contributed by atoms with van der Waals surface area (Å²) in [6.45, 7) is 5.89. The Kier molecular flexibility index (Phi) is 3.47. The molecule has 1 amide bonds. The van der Waals surface area contributed by atoms with Crippen molar-refractivity contribution in [2.24, 2.45) is 5.73 Å². The first kappa shape index (κ1) is 11.7. The topological polar surface area (TPSA) is 81.2 Å². The zero-order valence-electron chi connectivity index (χ0n) is 9.33. The fourth-order valence-corrected chi connectivity index (χ4v) is 1.13. The standard InChI is InChI=1S/C10H17N3O2/c1-7-12-8(5-15-7)4-9(14)13-10(2,3)6-11/h5H,4,6,11H2,1-3H3,(H,13,14). The van der Waals surface area contributed by atoms with E-state index in [2.05, 4.69) is 10.3 Å². The van der Waals surface area contributed by atoms with Crippen LogP contribution in [0.1, 0.15) is 25.4 Å². The molecule has 1 aromatic heterocycles. The van der Waals surface area contributed by atoms with Crippen molar-refractivity contribution in [3.05, 3.63) is 17.8 Å². The van der Waals surface area contributed by atoms with E-state index >= 15 is 0 Å². The molecule has 0 atom stereocenters. The second kappa shape index (κ2) is 4.44. The summed E-state index contributed by atoms with van der Waals surface area (Å²) in [6.07, 6.45) is 1.71. The van der Waals surface area contributed by atoms with E-state index in [0.29, 0.717) is 18.1 Å². The van der Waals surface area contributed by atoms with E-state index in [4.69, 9.17) is 10.2 Å². The second-order valence-electron chi connectivity index (χ2n) is 4.17. The summed E-state index contributed by atoms with van der Waals surface area (Å²) in [7, 11) is 0. The molecule has 3 N–H and O–H groups in total. The van der Waals surface area contributed by atoms with Crippen LogP contribution in [0.3, 0.4) is 0 Å². The predicted molar refractivity (Wildman–Crippen MR) is 56.2 cm³/mol. The minimum absolute atomic E-state index is 0.0984. The molecule has 0 spiro atoms. The Morgan fingerprint density at radius 3 is 2.80 bits per heavy atom. The minimum Gasteiger partial charge on any atom is -0.449 e. The van der Waals surface area contributed by atoms with Crippen LogP contribution in [0, 0.1) is 6.92 Å². The normalized spacial score (nSPS) is 11.5. The molecule has 0 unspecified atom stereocenters. The van der Waals surface area contributed by atoms with Gasteiger partial charge in [-0.15, -0.1) is 0 Å². The van der Waals surface area contributed by atoms with Gasteiger partial charge in [0.25, 0.3) is 0 Å². The van der Waals surface area contributed by atoms with Crippen LogP contribution in [-0.2, 0) is 11.2 Å². The molecule has 0 bridgehead atoms. The first-order chi connectivity index (χ1) is 6.93. The molecule has 0 fully saturated rings. The van der Waals surface area contributed by atoms with Crippen molar-refractivity contribution in [1.82, 2.24) is 10.3 Å². The lowest BCUT2D eigenvalue weighted by atomic mass is 10.1. The maximum absolute atomic E-state index is 11.5. The lowest BCUT2D eigenvalue weighted by Gasteiger charge is -2.23. The van der Waals surface area contributed by atoms with Gasteiger partial charge in [0.05, 0.1) is 12.1 Å². The van der Waals surface area contributed by atoms with E-state index < -0.39 is 0 Å². The van der Waals surface area contributed by atoms with Crippen molar-refractivity contribution in [2.75, 3.05) is 6.54 Å². The van der Waals surface area contributed by atoms with Gasteiger partial charge in [-0.2, -0.15) is 0 Å². The lowest BCUT2D eigenvalue weighted by molar-refractivity contribution is -0.121. The first-order valence-corrected chi connectivity index (χ1v) is 4.85. The third kappa shape index (κ3) is 3.71. The van der Waals surface area contributed by atoms with E-state index in [1.54, 1.807) is 6.92 Å². The summed E-state index contributed by atoms with van der Waals surface area (Å²) < 4.78 is 5.01. The lowest BCUT2D eigenvalue weighted by Crippen LogP contribution is -2.49. The number of hydrogen-bond donors (Lipinski definition) is 2. The molecular formula is C10H17N3O2. The Bertz CT molecular complexity index is 344. The molecule has 84 valence electrons.